The first kappa shape index (κ1) is 11.1. The molecule has 1 heterocycles. The predicted octanol–water partition coefficient (Wildman–Crippen LogP) is 2.09. The van der Waals surface area contributed by atoms with Crippen LogP contribution in [0.3, 0.4) is 0 Å². The van der Waals surface area contributed by atoms with Crippen LogP contribution in [0, 0.1) is 5.92 Å². The first-order chi connectivity index (χ1) is 6.61. The zero-order valence-electron chi connectivity index (χ0n) is 8.35. The highest BCUT2D eigenvalue weighted by atomic mass is 19.3. The van der Waals surface area contributed by atoms with Crippen LogP contribution < -0.4 is 5.32 Å². The van der Waals surface area contributed by atoms with Crippen LogP contribution in [-0.2, 0) is 6.54 Å². The van der Waals surface area contributed by atoms with E-state index in [2.05, 4.69) is 29.4 Å². The molecule has 0 unspecified atom stereocenters. The van der Waals surface area contributed by atoms with Crippen LogP contribution in [0.1, 0.15) is 31.5 Å². The lowest BCUT2D eigenvalue weighted by Gasteiger charge is -2.07. The fraction of sp³-hybridized carbons (Fsp3) is 0.667. The lowest BCUT2D eigenvalue weighted by molar-refractivity contribution is 0.144. The predicted molar refractivity (Wildman–Crippen MR) is 50.1 cm³/mol. The van der Waals surface area contributed by atoms with E-state index in [-0.39, 0.29) is 5.69 Å². The number of hydrogen-bond acceptors (Lipinski definition) is 2. The Kier molecular flexibility index (Phi) is 4.00. The van der Waals surface area contributed by atoms with Gasteiger partial charge in [0.05, 0.1) is 6.20 Å². The molecule has 0 atom stereocenters. The maximum atomic E-state index is 12.3. The minimum Gasteiger partial charge on any atom is -0.312 e. The number of alkyl halides is 2. The van der Waals surface area contributed by atoms with Crippen LogP contribution in [0.5, 0.6) is 0 Å². The number of hydrogen-bond donors (Lipinski definition) is 2. The summed E-state index contributed by atoms with van der Waals surface area (Å²) in [4.78, 5) is 0. The van der Waals surface area contributed by atoms with Crippen molar-refractivity contribution < 1.29 is 8.78 Å². The average molecular weight is 203 g/mol. The topological polar surface area (TPSA) is 40.7 Å². The van der Waals surface area contributed by atoms with Gasteiger partial charge in [-0.2, -0.15) is 5.10 Å². The molecule has 3 nitrogen and oxygen atoms in total. The van der Waals surface area contributed by atoms with Gasteiger partial charge in [-0.15, -0.1) is 0 Å². The second kappa shape index (κ2) is 5.05. The Morgan fingerprint density at radius 3 is 2.79 bits per heavy atom. The standard InChI is InChI=1S/C9H15F2N3/c1-6(2)3-12-4-7-5-13-14-8(7)9(10)11/h5-6,9,12H,3-4H2,1-2H3,(H,13,14). The molecule has 1 aromatic rings. The molecular weight excluding hydrogens is 188 g/mol. The molecule has 80 valence electrons. The fourth-order valence-electron chi connectivity index (χ4n) is 1.15. The molecule has 0 aliphatic heterocycles. The first-order valence-corrected chi connectivity index (χ1v) is 4.62. The van der Waals surface area contributed by atoms with Crippen LogP contribution >= 0.6 is 0 Å². The molecule has 1 aromatic heterocycles. The zero-order chi connectivity index (χ0) is 10.6. The molecule has 0 aliphatic rings. The molecule has 14 heavy (non-hydrogen) atoms. The van der Waals surface area contributed by atoms with E-state index in [1.165, 1.54) is 6.20 Å². The van der Waals surface area contributed by atoms with Crippen LogP contribution in [0.4, 0.5) is 8.78 Å². The van der Waals surface area contributed by atoms with Gasteiger partial charge in [0.25, 0.3) is 6.43 Å². The Hall–Kier alpha value is -0.970. The van der Waals surface area contributed by atoms with Crippen molar-refractivity contribution in [3.8, 4) is 0 Å². The SMILES string of the molecule is CC(C)CNCc1cn[nH]c1C(F)F. The van der Waals surface area contributed by atoms with E-state index in [0.29, 0.717) is 18.0 Å². The summed E-state index contributed by atoms with van der Waals surface area (Å²) >= 11 is 0. The number of halogens is 2. The third kappa shape index (κ3) is 3.06. The summed E-state index contributed by atoms with van der Waals surface area (Å²) in [6.07, 6.45) is -1.04. The molecule has 0 fully saturated rings. The molecule has 0 saturated heterocycles. The molecule has 0 radical (unpaired) electrons. The van der Waals surface area contributed by atoms with Gasteiger partial charge in [-0.3, -0.25) is 5.10 Å². The number of aromatic amines is 1. The lowest BCUT2D eigenvalue weighted by Crippen LogP contribution is -2.19. The van der Waals surface area contributed by atoms with Gasteiger partial charge in [0.1, 0.15) is 5.69 Å². The van der Waals surface area contributed by atoms with Crippen molar-refractivity contribution >= 4 is 0 Å². The molecule has 0 saturated carbocycles. The Bertz CT molecular complexity index is 271. The first-order valence-electron chi connectivity index (χ1n) is 4.62. The van der Waals surface area contributed by atoms with Gasteiger partial charge in [-0.1, -0.05) is 13.8 Å². The van der Waals surface area contributed by atoms with Gasteiger partial charge >= 0.3 is 0 Å². The van der Waals surface area contributed by atoms with Crippen molar-refractivity contribution in [3.05, 3.63) is 17.5 Å². The Morgan fingerprint density at radius 1 is 1.50 bits per heavy atom. The maximum Gasteiger partial charge on any atom is 0.280 e. The summed E-state index contributed by atoms with van der Waals surface area (Å²) in [5.41, 5.74) is 0.460. The smallest absolute Gasteiger partial charge is 0.280 e. The van der Waals surface area contributed by atoms with Crippen molar-refractivity contribution in [2.45, 2.75) is 26.8 Å². The van der Waals surface area contributed by atoms with Crippen LogP contribution in [-0.4, -0.2) is 16.7 Å². The molecule has 0 amide bonds. The Morgan fingerprint density at radius 2 is 2.21 bits per heavy atom. The molecule has 0 bridgehead atoms. The lowest BCUT2D eigenvalue weighted by atomic mass is 10.2. The normalized spacial score (nSPS) is 11.6. The average Bonchev–Trinajstić information content (AvgIpc) is 2.51. The van der Waals surface area contributed by atoms with Gasteiger partial charge in [0, 0.05) is 12.1 Å². The quantitative estimate of drug-likeness (QED) is 0.769. The van der Waals surface area contributed by atoms with E-state index < -0.39 is 6.43 Å². The summed E-state index contributed by atoms with van der Waals surface area (Å²) in [7, 11) is 0. The minimum absolute atomic E-state index is 0.0822. The molecule has 2 N–H and O–H groups in total. The van der Waals surface area contributed by atoms with Crippen molar-refractivity contribution in [2.24, 2.45) is 5.92 Å². The molecule has 1 rings (SSSR count). The number of nitrogens with zero attached hydrogens (tertiary/aromatic N) is 1. The molecule has 0 aliphatic carbocycles. The van der Waals surface area contributed by atoms with Crippen molar-refractivity contribution in [1.29, 1.82) is 0 Å². The van der Waals surface area contributed by atoms with Crippen LogP contribution in [0.2, 0.25) is 0 Å². The molecule has 0 aromatic carbocycles. The van der Waals surface area contributed by atoms with Crippen molar-refractivity contribution in [2.75, 3.05) is 6.54 Å². The van der Waals surface area contributed by atoms with Gasteiger partial charge < -0.3 is 5.32 Å². The van der Waals surface area contributed by atoms with Crippen LogP contribution in [0.15, 0.2) is 6.20 Å². The van der Waals surface area contributed by atoms with E-state index in [1.807, 2.05) is 0 Å². The summed E-state index contributed by atoms with van der Waals surface area (Å²) in [5.74, 6) is 0.511. The number of aromatic nitrogens is 2. The second-order valence-electron chi connectivity index (χ2n) is 3.63. The highest BCUT2D eigenvalue weighted by molar-refractivity contribution is 5.16. The van der Waals surface area contributed by atoms with Crippen molar-refractivity contribution in [1.82, 2.24) is 15.5 Å². The molecule has 5 heteroatoms. The fourth-order valence-corrected chi connectivity index (χ4v) is 1.15. The highest BCUT2D eigenvalue weighted by Crippen LogP contribution is 2.19. The van der Waals surface area contributed by atoms with Gasteiger partial charge in [0.2, 0.25) is 0 Å². The third-order valence-corrected chi connectivity index (χ3v) is 1.84. The van der Waals surface area contributed by atoms with Gasteiger partial charge in [0.15, 0.2) is 0 Å². The highest BCUT2D eigenvalue weighted by Gasteiger charge is 2.14. The monoisotopic (exact) mass is 203 g/mol. The second-order valence-corrected chi connectivity index (χ2v) is 3.63. The number of nitrogens with one attached hydrogen (secondary N) is 2. The summed E-state index contributed by atoms with van der Waals surface area (Å²) < 4.78 is 24.7. The van der Waals surface area contributed by atoms with E-state index in [1.54, 1.807) is 0 Å². The van der Waals surface area contributed by atoms with Gasteiger partial charge in [-0.25, -0.2) is 8.78 Å². The van der Waals surface area contributed by atoms with E-state index in [4.69, 9.17) is 0 Å². The largest absolute Gasteiger partial charge is 0.312 e. The Balaban J connectivity index is 2.46. The molecule has 0 spiro atoms. The van der Waals surface area contributed by atoms with E-state index >= 15 is 0 Å². The third-order valence-electron chi connectivity index (χ3n) is 1.84. The van der Waals surface area contributed by atoms with E-state index in [9.17, 15) is 8.78 Å². The number of rotatable bonds is 5. The van der Waals surface area contributed by atoms with Crippen molar-refractivity contribution in [3.63, 3.8) is 0 Å². The van der Waals surface area contributed by atoms with Gasteiger partial charge in [-0.05, 0) is 12.5 Å². The minimum atomic E-state index is -2.48. The van der Waals surface area contributed by atoms with E-state index in [0.717, 1.165) is 6.54 Å². The summed E-state index contributed by atoms with van der Waals surface area (Å²) in [6, 6.07) is 0. The number of H-pyrrole nitrogens is 1. The summed E-state index contributed by atoms with van der Waals surface area (Å²) in [6.45, 7) is 5.38. The summed E-state index contributed by atoms with van der Waals surface area (Å²) in [5, 5.41) is 8.99. The van der Waals surface area contributed by atoms with Crippen LogP contribution in [0.25, 0.3) is 0 Å². The maximum absolute atomic E-state index is 12.3. The molecular formula is C9H15F2N3. The Labute approximate surface area is 81.9 Å². The zero-order valence-corrected chi connectivity index (χ0v) is 8.35.